The summed E-state index contributed by atoms with van der Waals surface area (Å²) in [6.45, 7) is 9.40. The molecule has 0 saturated heterocycles. The van der Waals surface area contributed by atoms with Gasteiger partial charge >= 0.3 is 5.97 Å². The van der Waals surface area contributed by atoms with Crippen LogP contribution in [0.15, 0.2) is 0 Å². The molecule has 0 spiro atoms. The topological polar surface area (TPSA) is 122 Å². The summed E-state index contributed by atoms with van der Waals surface area (Å²) in [6.07, 6.45) is 19.7. The number of hydrogen-bond acceptors (Lipinski definition) is 8. The predicted octanol–water partition coefficient (Wildman–Crippen LogP) is 5.94. The van der Waals surface area contributed by atoms with Gasteiger partial charge in [0.05, 0.1) is 72.5 Å². The van der Waals surface area contributed by atoms with Crippen LogP contribution in [-0.4, -0.2) is 103 Å². The number of nitrogens with one attached hydrogen (secondary N) is 1. The van der Waals surface area contributed by atoms with E-state index < -0.39 is 5.97 Å². The number of ether oxygens (including phenoxy) is 6. The molecule has 256 valence electrons. The largest absolute Gasteiger partial charge is 0.481 e. The molecular weight excluding hydrogens is 554 g/mol. The molecule has 0 unspecified atom stereocenters. The van der Waals surface area contributed by atoms with Crippen molar-refractivity contribution in [1.29, 1.82) is 0 Å². The van der Waals surface area contributed by atoms with Crippen LogP contribution >= 0.6 is 0 Å². The molecule has 10 nitrogen and oxygen atoms in total. The Morgan fingerprint density at radius 3 is 1.14 bits per heavy atom. The van der Waals surface area contributed by atoms with Gasteiger partial charge in [-0.2, -0.15) is 0 Å². The molecule has 0 aromatic heterocycles. The molecule has 0 bridgehead atoms. The third-order valence-electron chi connectivity index (χ3n) is 6.86. The first kappa shape index (κ1) is 41.7. The number of aliphatic carboxylic acids is 1. The van der Waals surface area contributed by atoms with E-state index in [9.17, 15) is 9.59 Å². The number of carboxylic acid groups (broad SMARTS) is 1. The van der Waals surface area contributed by atoms with Gasteiger partial charge in [-0.25, -0.2) is 0 Å². The van der Waals surface area contributed by atoms with Crippen molar-refractivity contribution in [1.82, 2.24) is 5.32 Å². The van der Waals surface area contributed by atoms with Crippen molar-refractivity contribution in [2.24, 2.45) is 0 Å². The lowest BCUT2D eigenvalue weighted by atomic mass is 10.0. The molecule has 0 rings (SSSR count). The highest BCUT2D eigenvalue weighted by molar-refractivity contribution is 5.80. The van der Waals surface area contributed by atoms with E-state index in [-0.39, 0.29) is 18.7 Å². The molecule has 0 fully saturated rings. The zero-order chi connectivity index (χ0) is 31.3. The van der Waals surface area contributed by atoms with Gasteiger partial charge in [-0.05, 0) is 12.8 Å². The Balaban J connectivity index is 3.08. The van der Waals surface area contributed by atoms with Crippen LogP contribution in [0.4, 0.5) is 0 Å². The number of amides is 1. The molecule has 0 radical (unpaired) electrons. The summed E-state index contributed by atoms with van der Waals surface area (Å²) in [5.41, 5.74) is 0. The summed E-state index contributed by atoms with van der Waals surface area (Å²) >= 11 is 0. The van der Waals surface area contributed by atoms with Gasteiger partial charge in [-0.3, -0.25) is 9.59 Å². The fourth-order valence-corrected chi connectivity index (χ4v) is 4.31. The zero-order valence-corrected chi connectivity index (χ0v) is 27.4. The predicted molar refractivity (Wildman–Crippen MR) is 170 cm³/mol. The monoisotopic (exact) mass is 619 g/mol. The lowest BCUT2D eigenvalue weighted by Crippen LogP contribution is -2.25. The molecule has 2 N–H and O–H groups in total. The minimum absolute atomic E-state index is 0.00211. The zero-order valence-electron chi connectivity index (χ0n) is 27.4. The number of carbonyl (C=O) groups is 2. The fraction of sp³-hybridized carbons (Fsp3) is 0.939. The van der Waals surface area contributed by atoms with Gasteiger partial charge in [0.15, 0.2) is 0 Å². The first-order chi connectivity index (χ1) is 21.2. The lowest BCUT2D eigenvalue weighted by molar-refractivity contribution is -0.138. The van der Waals surface area contributed by atoms with E-state index in [1.807, 2.05) is 0 Å². The second-order valence-corrected chi connectivity index (χ2v) is 10.9. The van der Waals surface area contributed by atoms with Gasteiger partial charge in [-0.15, -0.1) is 0 Å². The summed E-state index contributed by atoms with van der Waals surface area (Å²) in [5, 5.41) is 11.2. The highest BCUT2D eigenvalue weighted by atomic mass is 16.6. The SMILES string of the molecule is CCCCCCCCCCCCCCCCOCCOCCOCCOCCOCCOCCCNC(=O)CCC(=O)O. The van der Waals surface area contributed by atoms with Crippen LogP contribution in [0.5, 0.6) is 0 Å². The summed E-state index contributed by atoms with van der Waals surface area (Å²) < 4.78 is 33.0. The molecule has 0 saturated carbocycles. The Hall–Kier alpha value is -1.30. The summed E-state index contributed by atoms with van der Waals surface area (Å²) in [6, 6.07) is 0. The number of carboxylic acids is 1. The maximum absolute atomic E-state index is 11.4. The van der Waals surface area contributed by atoms with Crippen LogP contribution in [0.1, 0.15) is 116 Å². The number of hydrogen-bond donors (Lipinski definition) is 2. The van der Waals surface area contributed by atoms with E-state index in [1.165, 1.54) is 83.5 Å². The molecule has 0 aliphatic heterocycles. The third kappa shape index (κ3) is 38.7. The minimum atomic E-state index is -0.972. The maximum Gasteiger partial charge on any atom is 0.303 e. The van der Waals surface area contributed by atoms with E-state index in [4.69, 9.17) is 33.5 Å². The maximum atomic E-state index is 11.4. The van der Waals surface area contributed by atoms with E-state index in [2.05, 4.69) is 12.2 Å². The second kappa shape index (κ2) is 36.9. The number of unbranched alkanes of at least 4 members (excludes halogenated alkanes) is 13. The molecule has 0 aliphatic rings. The average Bonchev–Trinajstić information content (AvgIpc) is 3.00. The van der Waals surface area contributed by atoms with Crippen LogP contribution in [0.25, 0.3) is 0 Å². The van der Waals surface area contributed by atoms with Crippen LogP contribution in [-0.2, 0) is 38.0 Å². The molecule has 0 atom stereocenters. The number of carbonyl (C=O) groups excluding carboxylic acids is 1. The van der Waals surface area contributed by atoms with Crippen LogP contribution < -0.4 is 5.32 Å². The fourth-order valence-electron chi connectivity index (χ4n) is 4.31. The van der Waals surface area contributed by atoms with Gasteiger partial charge in [0.25, 0.3) is 0 Å². The molecule has 0 heterocycles. The van der Waals surface area contributed by atoms with E-state index in [1.54, 1.807) is 0 Å². The molecule has 0 aromatic rings. The molecule has 0 aromatic carbocycles. The van der Waals surface area contributed by atoms with Crippen molar-refractivity contribution in [3.63, 3.8) is 0 Å². The average molecular weight is 620 g/mol. The molecule has 0 aliphatic carbocycles. The van der Waals surface area contributed by atoms with Gasteiger partial charge in [-0.1, -0.05) is 90.4 Å². The molecule has 10 heteroatoms. The number of rotatable bonds is 37. The van der Waals surface area contributed by atoms with E-state index >= 15 is 0 Å². The Bertz CT molecular complexity index is 581. The van der Waals surface area contributed by atoms with Gasteiger partial charge in [0.2, 0.25) is 5.91 Å². The van der Waals surface area contributed by atoms with Gasteiger partial charge < -0.3 is 38.8 Å². The smallest absolute Gasteiger partial charge is 0.303 e. The van der Waals surface area contributed by atoms with E-state index in [0.717, 1.165) is 13.0 Å². The van der Waals surface area contributed by atoms with Crippen molar-refractivity contribution in [2.45, 2.75) is 116 Å². The summed E-state index contributed by atoms with van der Waals surface area (Å²) in [7, 11) is 0. The highest BCUT2D eigenvalue weighted by Crippen LogP contribution is 2.13. The second-order valence-electron chi connectivity index (χ2n) is 10.9. The van der Waals surface area contributed by atoms with Crippen LogP contribution in [0.2, 0.25) is 0 Å². The highest BCUT2D eigenvalue weighted by Gasteiger charge is 2.04. The Kier molecular flexibility index (Phi) is 35.8. The Morgan fingerprint density at radius 1 is 0.442 bits per heavy atom. The molecule has 1 amide bonds. The van der Waals surface area contributed by atoms with Crippen molar-refractivity contribution < 1.29 is 43.1 Å². The van der Waals surface area contributed by atoms with Crippen LogP contribution in [0, 0.1) is 0 Å². The Morgan fingerprint density at radius 2 is 0.767 bits per heavy atom. The van der Waals surface area contributed by atoms with E-state index in [0.29, 0.717) is 85.6 Å². The van der Waals surface area contributed by atoms with Gasteiger partial charge in [0, 0.05) is 26.2 Å². The first-order valence-electron chi connectivity index (χ1n) is 17.1. The third-order valence-corrected chi connectivity index (χ3v) is 6.86. The van der Waals surface area contributed by atoms with Crippen molar-refractivity contribution >= 4 is 11.9 Å². The minimum Gasteiger partial charge on any atom is -0.481 e. The normalized spacial score (nSPS) is 11.3. The van der Waals surface area contributed by atoms with Gasteiger partial charge in [0.1, 0.15) is 0 Å². The lowest BCUT2D eigenvalue weighted by Gasteiger charge is -2.08. The quantitative estimate of drug-likeness (QED) is 0.0814. The van der Waals surface area contributed by atoms with Crippen molar-refractivity contribution in [3.05, 3.63) is 0 Å². The summed E-state index contributed by atoms with van der Waals surface area (Å²) in [5.74, 6) is -1.23. The Labute approximate surface area is 262 Å². The van der Waals surface area contributed by atoms with Crippen molar-refractivity contribution in [2.75, 3.05) is 85.8 Å². The standard InChI is InChI=1S/C33H65NO9/c1-2-3-4-5-6-7-8-9-10-11-12-13-14-15-20-38-22-24-40-26-28-42-30-31-43-29-27-41-25-23-39-21-16-19-34-32(35)17-18-33(36)37/h2-31H2,1H3,(H,34,35)(H,36,37). The molecular formula is C33H65NO9. The van der Waals surface area contributed by atoms with Crippen molar-refractivity contribution in [3.8, 4) is 0 Å². The molecule has 43 heavy (non-hydrogen) atoms. The van der Waals surface area contributed by atoms with Crippen LogP contribution in [0.3, 0.4) is 0 Å². The first-order valence-corrected chi connectivity index (χ1v) is 17.1. The summed E-state index contributed by atoms with van der Waals surface area (Å²) in [4.78, 5) is 21.8.